The number of nitrogens with zero attached hydrogens (tertiary/aromatic N) is 3. The van der Waals surface area contributed by atoms with E-state index in [0.717, 1.165) is 29.9 Å². The first-order valence-corrected chi connectivity index (χ1v) is 10.5. The van der Waals surface area contributed by atoms with E-state index in [9.17, 15) is 4.79 Å². The molecule has 0 N–H and O–H groups in total. The number of carbonyl (C=O) groups is 1. The van der Waals surface area contributed by atoms with Gasteiger partial charge in [0.05, 0.1) is 18.7 Å². The molecule has 2 aromatic rings. The number of Topliss-reactive ketones (excluding diaryl/α,β-unsaturated/α-hetero) is 1. The predicted octanol–water partition coefficient (Wildman–Crippen LogP) is 2.85. The molecule has 0 bridgehead atoms. The second-order valence-corrected chi connectivity index (χ2v) is 8.21. The van der Waals surface area contributed by atoms with Crippen LogP contribution in [0.1, 0.15) is 34.7 Å². The Kier molecular flexibility index (Phi) is 6.55. The van der Waals surface area contributed by atoms with Gasteiger partial charge in [0.25, 0.3) is 0 Å². The highest BCUT2D eigenvalue weighted by Gasteiger charge is 2.33. The summed E-state index contributed by atoms with van der Waals surface area (Å²) in [5.74, 6) is 1.63. The van der Waals surface area contributed by atoms with Crippen LogP contribution in [0.15, 0.2) is 47.6 Å². The lowest BCUT2D eigenvalue weighted by molar-refractivity contribution is -0.119. The molecule has 3 heterocycles. The largest absolute Gasteiger partial charge is 0.475 e. The van der Waals surface area contributed by atoms with Crippen LogP contribution in [-0.2, 0) is 27.2 Å². The lowest BCUT2D eigenvalue weighted by Gasteiger charge is -2.18. The van der Waals surface area contributed by atoms with Crippen LogP contribution in [0.2, 0.25) is 0 Å². The standard InChI is InChI=1S/C24H29N3O3/c1-27-15-19(23(16-27)17-6-4-3-5-7-17)11-21(28)12-20-10-18-13-26-24(22(18)14-25-20)30-9-8-29-2/h3-7,10,14,19,23H,8-9,11-13,15-16H2,1-2H3/t19-,23+/m0/s1. The molecule has 2 aliphatic heterocycles. The fourth-order valence-corrected chi connectivity index (χ4v) is 4.49. The number of hydrogen-bond donors (Lipinski definition) is 0. The molecule has 0 unspecified atom stereocenters. The number of aliphatic imine (C=N–C) groups is 1. The van der Waals surface area contributed by atoms with E-state index in [2.05, 4.69) is 46.2 Å². The number of carbonyl (C=O) groups excluding carboxylic acids is 1. The summed E-state index contributed by atoms with van der Waals surface area (Å²) in [6.45, 7) is 3.52. The molecule has 1 fully saturated rings. The molecule has 1 saturated heterocycles. The number of ether oxygens (including phenoxy) is 2. The molecule has 0 amide bonds. The van der Waals surface area contributed by atoms with Gasteiger partial charge in [0, 0.05) is 50.8 Å². The summed E-state index contributed by atoms with van der Waals surface area (Å²) in [5.41, 5.74) is 4.13. The summed E-state index contributed by atoms with van der Waals surface area (Å²) < 4.78 is 10.7. The van der Waals surface area contributed by atoms with E-state index < -0.39 is 0 Å². The SMILES string of the molecule is COCCOC1=NCc2cc(CC(=O)C[C@H]3CN(C)C[C@@H]3c3ccccc3)ncc21. The second kappa shape index (κ2) is 9.49. The third-order valence-electron chi connectivity index (χ3n) is 5.92. The monoisotopic (exact) mass is 407 g/mol. The van der Waals surface area contributed by atoms with E-state index in [-0.39, 0.29) is 5.78 Å². The van der Waals surface area contributed by atoms with Crippen LogP contribution >= 0.6 is 0 Å². The van der Waals surface area contributed by atoms with Crippen molar-refractivity contribution in [1.82, 2.24) is 9.88 Å². The van der Waals surface area contributed by atoms with E-state index in [0.29, 0.717) is 50.3 Å². The number of methoxy groups -OCH3 is 1. The molecule has 2 aliphatic rings. The van der Waals surface area contributed by atoms with Gasteiger partial charge < -0.3 is 14.4 Å². The van der Waals surface area contributed by atoms with Crippen LogP contribution in [-0.4, -0.2) is 62.0 Å². The highest BCUT2D eigenvalue weighted by Crippen LogP contribution is 2.34. The van der Waals surface area contributed by atoms with Crippen molar-refractivity contribution < 1.29 is 14.3 Å². The summed E-state index contributed by atoms with van der Waals surface area (Å²) >= 11 is 0. The summed E-state index contributed by atoms with van der Waals surface area (Å²) in [5, 5.41) is 0. The molecular formula is C24H29N3O3. The zero-order valence-corrected chi connectivity index (χ0v) is 17.7. The summed E-state index contributed by atoms with van der Waals surface area (Å²) in [7, 11) is 3.78. The zero-order valence-electron chi connectivity index (χ0n) is 17.7. The number of hydrogen-bond acceptors (Lipinski definition) is 6. The summed E-state index contributed by atoms with van der Waals surface area (Å²) in [4.78, 5) is 24.1. The predicted molar refractivity (Wildman–Crippen MR) is 116 cm³/mol. The van der Waals surface area contributed by atoms with Gasteiger partial charge in [-0.1, -0.05) is 30.3 Å². The van der Waals surface area contributed by atoms with Crippen molar-refractivity contribution in [2.45, 2.75) is 25.3 Å². The zero-order chi connectivity index (χ0) is 20.9. The summed E-state index contributed by atoms with van der Waals surface area (Å²) in [6.07, 6.45) is 2.74. The van der Waals surface area contributed by atoms with Crippen molar-refractivity contribution in [3.63, 3.8) is 0 Å². The Bertz CT molecular complexity index is 913. The molecule has 0 radical (unpaired) electrons. The Morgan fingerprint density at radius 2 is 2.03 bits per heavy atom. The third kappa shape index (κ3) is 4.77. The molecule has 1 aromatic carbocycles. The molecule has 6 nitrogen and oxygen atoms in total. The quantitative estimate of drug-likeness (QED) is 0.630. The van der Waals surface area contributed by atoms with Gasteiger partial charge in [-0.3, -0.25) is 9.78 Å². The molecular weight excluding hydrogens is 378 g/mol. The van der Waals surface area contributed by atoms with Gasteiger partial charge in [-0.15, -0.1) is 0 Å². The van der Waals surface area contributed by atoms with E-state index in [1.807, 2.05) is 12.1 Å². The maximum atomic E-state index is 12.9. The van der Waals surface area contributed by atoms with Gasteiger partial charge in [0.1, 0.15) is 12.4 Å². The van der Waals surface area contributed by atoms with Crippen molar-refractivity contribution in [3.8, 4) is 0 Å². The van der Waals surface area contributed by atoms with E-state index in [1.54, 1.807) is 13.3 Å². The van der Waals surface area contributed by atoms with Gasteiger partial charge in [-0.2, -0.15) is 0 Å². The van der Waals surface area contributed by atoms with Gasteiger partial charge in [0.2, 0.25) is 5.90 Å². The fraction of sp³-hybridized carbons (Fsp3) is 0.458. The first-order chi connectivity index (χ1) is 14.6. The lowest BCUT2D eigenvalue weighted by atomic mass is 9.85. The molecule has 4 rings (SSSR count). The Labute approximate surface area is 177 Å². The lowest BCUT2D eigenvalue weighted by Crippen LogP contribution is -2.18. The molecule has 0 saturated carbocycles. The number of fused-ring (bicyclic) bond motifs is 1. The van der Waals surface area contributed by atoms with Gasteiger partial charge in [0.15, 0.2) is 0 Å². The smallest absolute Gasteiger partial charge is 0.218 e. The minimum atomic E-state index is 0.249. The number of aromatic nitrogens is 1. The highest BCUT2D eigenvalue weighted by molar-refractivity contribution is 5.97. The minimum absolute atomic E-state index is 0.249. The molecule has 30 heavy (non-hydrogen) atoms. The van der Waals surface area contributed by atoms with Crippen molar-refractivity contribution >= 4 is 11.7 Å². The number of likely N-dealkylation sites (tertiary alicyclic amines) is 1. The molecule has 0 spiro atoms. The summed E-state index contributed by atoms with van der Waals surface area (Å²) in [6, 6.07) is 12.6. The normalized spacial score (nSPS) is 20.8. The first-order valence-electron chi connectivity index (χ1n) is 10.5. The Morgan fingerprint density at radius 3 is 2.83 bits per heavy atom. The molecule has 1 aromatic heterocycles. The fourth-order valence-electron chi connectivity index (χ4n) is 4.49. The van der Waals surface area contributed by atoms with Crippen LogP contribution in [0.5, 0.6) is 0 Å². The molecule has 2 atom stereocenters. The van der Waals surface area contributed by atoms with E-state index in [1.165, 1.54) is 5.56 Å². The number of pyridine rings is 1. The van der Waals surface area contributed by atoms with E-state index in [4.69, 9.17) is 9.47 Å². The van der Waals surface area contributed by atoms with Crippen LogP contribution < -0.4 is 0 Å². The molecule has 0 aliphatic carbocycles. The van der Waals surface area contributed by atoms with Crippen molar-refractivity contribution in [1.29, 1.82) is 0 Å². The van der Waals surface area contributed by atoms with E-state index >= 15 is 0 Å². The third-order valence-corrected chi connectivity index (χ3v) is 5.92. The Balaban J connectivity index is 1.37. The van der Waals surface area contributed by atoms with Gasteiger partial charge in [-0.05, 0) is 30.2 Å². The first kappa shape index (κ1) is 20.7. The van der Waals surface area contributed by atoms with Crippen molar-refractivity contribution in [3.05, 3.63) is 65.0 Å². The second-order valence-electron chi connectivity index (χ2n) is 8.21. The van der Waals surface area contributed by atoms with Crippen molar-refractivity contribution in [2.75, 3.05) is 40.5 Å². The molecule has 6 heteroatoms. The average Bonchev–Trinajstić information content (AvgIpc) is 3.31. The Hall–Kier alpha value is -2.57. The highest BCUT2D eigenvalue weighted by atomic mass is 16.5. The van der Waals surface area contributed by atoms with Crippen LogP contribution in [0.4, 0.5) is 0 Å². The number of rotatable bonds is 8. The van der Waals surface area contributed by atoms with Gasteiger partial charge in [-0.25, -0.2) is 4.99 Å². The van der Waals surface area contributed by atoms with Crippen LogP contribution in [0, 0.1) is 5.92 Å². The van der Waals surface area contributed by atoms with Crippen LogP contribution in [0.3, 0.4) is 0 Å². The van der Waals surface area contributed by atoms with Gasteiger partial charge >= 0.3 is 0 Å². The number of benzene rings is 1. The maximum Gasteiger partial charge on any atom is 0.218 e. The number of likely N-dealkylation sites (N-methyl/N-ethyl adjacent to an activating group) is 1. The topological polar surface area (TPSA) is 64.0 Å². The van der Waals surface area contributed by atoms with Crippen molar-refractivity contribution in [2.24, 2.45) is 10.9 Å². The van der Waals surface area contributed by atoms with Crippen LogP contribution in [0.25, 0.3) is 0 Å². The molecule has 158 valence electrons. The Morgan fingerprint density at radius 1 is 1.20 bits per heavy atom. The minimum Gasteiger partial charge on any atom is -0.475 e. The number of ketones is 1. The maximum absolute atomic E-state index is 12.9. The average molecular weight is 408 g/mol.